The molecule has 0 aliphatic carbocycles. The fraction of sp³-hybridized carbons (Fsp3) is 0.647. The molecule has 0 spiro atoms. The van der Waals surface area contributed by atoms with E-state index in [2.05, 4.69) is 4.90 Å². The van der Waals surface area contributed by atoms with Gasteiger partial charge < -0.3 is 9.47 Å². The van der Waals surface area contributed by atoms with E-state index in [4.69, 9.17) is 9.47 Å². The third-order valence-electron chi connectivity index (χ3n) is 3.39. The zero-order chi connectivity index (χ0) is 15.3. The van der Waals surface area contributed by atoms with Crippen molar-refractivity contribution < 1.29 is 13.9 Å². The highest BCUT2D eigenvalue weighted by atomic mass is 19.1. The molecule has 0 radical (unpaired) electrons. The number of ether oxygens (including phenoxy) is 2. The zero-order valence-corrected chi connectivity index (χ0v) is 13.3. The van der Waals surface area contributed by atoms with E-state index >= 15 is 0 Å². The second-order valence-electron chi connectivity index (χ2n) is 6.56. The molecule has 1 atom stereocenters. The molecule has 21 heavy (non-hydrogen) atoms. The summed E-state index contributed by atoms with van der Waals surface area (Å²) in [5.74, 6) is 1.72. The minimum Gasteiger partial charge on any atom is -0.489 e. The summed E-state index contributed by atoms with van der Waals surface area (Å²) >= 11 is 0. The van der Waals surface area contributed by atoms with Gasteiger partial charge in [-0.3, -0.25) is 9.29 Å². The number of hydrogen-bond donors (Lipinski definition) is 0. The summed E-state index contributed by atoms with van der Waals surface area (Å²) < 4.78 is 23.9. The normalized spacial score (nSPS) is 19.7. The molecule has 118 valence electrons. The lowest BCUT2D eigenvalue weighted by atomic mass is 10.2. The Kier molecular flexibility index (Phi) is 5.45. The standard InChI is InChI=1S/C17H26FNO2/c1-17(2,3)21-15-7-5-14(6-8-15)20-16-9-12-19(13-16)11-4-10-18/h5-8,16H,4,9-13H2,1-3H3. The summed E-state index contributed by atoms with van der Waals surface area (Å²) in [4.78, 5) is 2.27. The predicted octanol–water partition coefficient (Wildman–Crippen LogP) is 3.68. The molecule has 1 aromatic rings. The van der Waals surface area contributed by atoms with Gasteiger partial charge in [-0.2, -0.15) is 0 Å². The topological polar surface area (TPSA) is 21.7 Å². The first-order valence-corrected chi connectivity index (χ1v) is 7.70. The van der Waals surface area contributed by atoms with E-state index in [9.17, 15) is 4.39 Å². The van der Waals surface area contributed by atoms with Crippen LogP contribution >= 0.6 is 0 Å². The number of alkyl halides is 1. The lowest BCUT2D eigenvalue weighted by Gasteiger charge is -2.21. The summed E-state index contributed by atoms with van der Waals surface area (Å²) in [5.41, 5.74) is -0.190. The molecule has 0 aromatic heterocycles. The SMILES string of the molecule is CC(C)(C)Oc1ccc(OC2CCN(CCCF)C2)cc1. The van der Waals surface area contributed by atoms with Gasteiger partial charge in [0.05, 0.1) is 6.67 Å². The van der Waals surface area contributed by atoms with Crippen LogP contribution in [0.5, 0.6) is 11.5 Å². The second-order valence-corrected chi connectivity index (χ2v) is 6.56. The quantitative estimate of drug-likeness (QED) is 0.799. The summed E-state index contributed by atoms with van der Waals surface area (Å²) in [6.45, 7) is 8.56. The van der Waals surface area contributed by atoms with E-state index in [1.807, 2.05) is 45.0 Å². The Morgan fingerprint density at radius 3 is 2.48 bits per heavy atom. The molecule has 0 bridgehead atoms. The Labute approximate surface area is 127 Å². The van der Waals surface area contributed by atoms with Crippen LogP contribution in [0.3, 0.4) is 0 Å². The van der Waals surface area contributed by atoms with Gasteiger partial charge in [-0.1, -0.05) is 0 Å². The van der Waals surface area contributed by atoms with Gasteiger partial charge in [-0.25, -0.2) is 0 Å². The fourth-order valence-electron chi connectivity index (χ4n) is 2.51. The molecule has 1 aromatic carbocycles. The van der Waals surface area contributed by atoms with Gasteiger partial charge >= 0.3 is 0 Å². The second kappa shape index (κ2) is 7.12. The summed E-state index contributed by atoms with van der Waals surface area (Å²) in [6.07, 6.45) is 1.83. The van der Waals surface area contributed by atoms with Gasteiger partial charge in [0.15, 0.2) is 0 Å². The van der Waals surface area contributed by atoms with Crippen LogP contribution in [-0.2, 0) is 0 Å². The average Bonchev–Trinajstić information content (AvgIpc) is 2.85. The van der Waals surface area contributed by atoms with Gasteiger partial charge in [0, 0.05) is 19.6 Å². The number of benzene rings is 1. The maximum atomic E-state index is 12.2. The third-order valence-corrected chi connectivity index (χ3v) is 3.39. The van der Waals surface area contributed by atoms with Crippen molar-refractivity contribution in [2.75, 3.05) is 26.3 Å². The van der Waals surface area contributed by atoms with Crippen LogP contribution in [-0.4, -0.2) is 42.9 Å². The number of rotatable bonds is 6. The third kappa shape index (κ3) is 5.54. The lowest BCUT2D eigenvalue weighted by molar-refractivity contribution is 0.130. The van der Waals surface area contributed by atoms with Crippen LogP contribution in [0.25, 0.3) is 0 Å². The van der Waals surface area contributed by atoms with Crippen molar-refractivity contribution in [2.24, 2.45) is 0 Å². The van der Waals surface area contributed by atoms with Crippen LogP contribution in [0, 0.1) is 0 Å². The molecule has 1 aliphatic rings. The van der Waals surface area contributed by atoms with Crippen molar-refractivity contribution >= 4 is 0 Å². The van der Waals surface area contributed by atoms with Crippen molar-refractivity contribution in [1.29, 1.82) is 0 Å². The maximum absolute atomic E-state index is 12.2. The first kappa shape index (κ1) is 16.1. The van der Waals surface area contributed by atoms with Crippen LogP contribution < -0.4 is 9.47 Å². The Hall–Kier alpha value is -1.29. The predicted molar refractivity (Wildman–Crippen MR) is 82.9 cm³/mol. The summed E-state index contributed by atoms with van der Waals surface area (Å²) in [5, 5.41) is 0. The van der Waals surface area contributed by atoms with Crippen LogP contribution in [0.2, 0.25) is 0 Å². The number of hydrogen-bond acceptors (Lipinski definition) is 3. The van der Waals surface area contributed by atoms with Crippen molar-refractivity contribution in [3.05, 3.63) is 24.3 Å². The van der Waals surface area contributed by atoms with Gasteiger partial charge in [-0.15, -0.1) is 0 Å². The Balaban J connectivity index is 1.81. The van der Waals surface area contributed by atoms with Gasteiger partial charge in [0.1, 0.15) is 23.2 Å². The van der Waals surface area contributed by atoms with E-state index < -0.39 is 0 Å². The number of halogens is 1. The fourth-order valence-corrected chi connectivity index (χ4v) is 2.51. The molecule has 4 heteroatoms. The van der Waals surface area contributed by atoms with Crippen molar-refractivity contribution in [1.82, 2.24) is 4.90 Å². The molecular weight excluding hydrogens is 269 g/mol. The van der Waals surface area contributed by atoms with E-state index in [1.165, 1.54) is 0 Å². The smallest absolute Gasteiger partial charge is 0.120 e. The van der Waals surface area contributed by atoms with E-state index in [1.54, 1.807) is 0 Å². The molecule has 1 aliphatic heterocycles. The molecule has 3 nitrogen and oxygen atoms in total. The highest BCUT2D eigenvalue weighted by Crippen LogP contribution is 2.24. The molecule has 0 amide bonds. The highest BCUT2D eigenvalue weighted by Gasteiger charge is 2.23. The molecule has 1 fully saturated rings. The van der Waals surface area contributed by atoms with Crippen LogP contribution in [0.15, 0.2) is 24.3 Å². The Bertz CT molecular complexity index is 427. The van der Waals surface area contributed by atoms with E-state index in [0.717, 1.165) is 37.6 Å². The average molecular weight is 295 g/mol. The van der Waals surface area contributed by atoms with Crippen molar-refractivity contribution in [3.63, 3.8) is 0 Å². The number of nitrogens with zero attached hydrogens (tertiary/aromatic N) is 1. The summed E-state index contributed by atoms with van der Waals surface area (Å²) in [7, 11) is 0. The Morgan fingerprint density at radius 1 is 1.19 bits per heavy atom. The van der Waals surface area contributed by atoms with Crippen molar-refractivity contribution in [3.8, 4) is 11.5 Å². The van der Waals surface area contributed by atoms with Gasteiger partial charge in [0.2, 0.25) is 0 Å². The Morgan fingerprint density at radius 2 is 1.86 bits per heavy atom. The molecule has 1 unspecified atom stereocenters. The number of likely N-dealkylation sites (tertiary alicyclic amines) is 1. The molecular formula is C17H26FNO2. The minimum atomic E-state index is -0.239. The summed E-state index contributed by atoms with van der Waals surface area (Å²) in [6, 6.07) is 7.78. The zero-order valence-electron chi connectivity index (χ0n) is 13.3. The van der Waals surface area contributed by atoms with Crippen molar-refractivity contribution in [2.45, 2.75) is 45.3 Å². The first-order chi connectivity index (χ1) is 9.96. The molecule has 0 N–H and O–H groups in total. The molecule has 2 rings (SSSR count). The van der Waals surface area contributed by atoms with E-state index in [0.29, 0.717) is 6.42 Å². The van der Waals surface area contributed by atoms with Crippen LogP contribution in [0.1, 0.15) is 33.6 Å². The lowest BCUT2D eigenvalue weighted by Crippen LogP contribution is -2.26. The van der Waals surface area contributed by atoms with Gasteiger partial charge in [-0.05, 0) is 57.9 Å². The highest BCUT2D eigenvalue weighted by molar-refractivity contribution is 5.31. The molecule has 1 saturated heterocycles. The minimum absolute atomic E-state index is 0.190. The monoisotopic (exact) mass is 295 g/mol. The van der Waals surface area contributed by atoms with Crippen LogP contribution in [0.4, 0.5) is 4.39 Å². The molecule has 0 saturated carbocycles. The molecule has 1 heterocycles. The maximum Gasteiger partial charge on any atom is 0.120 e. The first-order valence-electron chi connectivity index (χ1n) is 7.70. The van der Waals surface area contributed by atoms with Gasteiger partial charge in [0.25, 0.3) is 0 Å². The van der Waals surface area contributed by atoms with E-state index in [-0.39, 0.29) is 18.4 Å². The largest absolute Gasteiger partial charge is 0.489 e.